The van der Waals surface area contributed by atoms with E-state index in [0.717, 1.165) is 26.2 Å². The van der Waals surface area contributed by atoms with E-state index in [2.05, 4.69) is 66.7 Å². The fourth-order valence-corrected chi connectivity index (χ4v) is 5.42. The van der Waals surface area contributed by atoms with Gasteiger partial charge in [0.1, 0.15) is 0 Å². The van der Waals surface area contributed by atoms with Crippen LogP contribution in [0.15, 0.2) is 109 Å². The maximum atomic E-state index is 4.90. The molecule has 6 rings (SSSR count). The summed E-state index contributed by atoms with van der Waals surface area (Å²) in [5, 5.41) is 2.58. The summed E-state index contributed by atoms with van der Waals surface area (Å²) in [5.74, 6) is 1.93. The summed E-state index contributed by atoms with van der Waals surface area (Å²) < 4.78 is 2.07. The first-order valence-electron chi connectivity index (χ1n) is 12.0. The molecule has 0 unspecified atom stereocenters. The average Bonchev–Trinajstić information content (AvgIpc) is 3.39. The fourth-order valence-electron chi connectivity index (χ4n) is 4.67. The van der Waals surface area contributed by atoms with E-state index in [4.69, 9.17) is 15.0 Å². The standard InChI is InChI=1S/C31H24N4Si/c1-21-24(26-15-9-10-16-28(26)36-2)17-18-27-25(21)19-20-35(27)31-33-29(22-11-5-3-6-12-22)32-30(34-31)23-13-7-4-8-14-23/h3-20H,1-2H3. The fraction of sp³-hybridized carbons (Fsp3) is 0.0645. The lowest BCUT2D eigenvalue weighted by Crippen LogP contribution is -2.13. The van der Waals surface area contributed by atoms with Gasteiger partial charge in [-0.2, -0.15) is 9.97 Å². The molecule has 172 valence electrons. The van der Waals surface area contributed by atoms with E-state index in [1.807, 2.05) is 60.7 Å². The van der Waals surface area contributed by atoms with Crippen LogP contribution in [0.4, 0.5) is 0 Å². The molecule has 0 bridgehead atoms. The first kappa shape index (κ1) is 22.1. The van der Waals surface area contributed by atoms with Crippen molar-refractivity contribution in [2.45, 2.75) is 13.5 Å². The van der Waals surface area contributed by atoms with Gasteiger partial charge in [0.2, 0.25) is 5.95 Å². The molecule has 4 aromatic carbocycles. The maximum Gasteiger partial charge on any atom is 0.238 e. The summed E-state index contributed by atoms with van der Waals surface area (Å²) in [7, 11) is 0.748. The minimum Gasteiger partial charge on any atom is -0.285 e. The average molecular weight is 481 g/mol. The predicted octanol–water partition coefficient (Wildman–Crippen LogP) is 6.50. The number of hydrogen-bond donors (Lipinski definition) is 0. The molecule has 0 aliphatic rings. The summed E-state index contributed by atoms with van der Waals surface area (Å²) in [4.78, 5) is 14.6. The van der Waals surface area contributed by atoms with Gasteiger partial charge in [-0.15, -0.1) is 0 Å². The van der Waals surface area contributed by atoms with Crippen molar-refractivity contribution in [3.05, 3.63) is 115 Å². The van der Waals surface area contributed by atoms with E-state index in [1.165, 1.54) is 27.3 Å². The third-order valence-corrected chi connectivity index (χ3v) is 7.51. The van der Waals surface area contributed by atoms with Crippen molar-refractivity contribution < 1.29 is 0 Å². The molecule has 0 fully saturated rings. The van der Waals surface area contributed by atoms with Gasteiger partial charge in [-0.3, -0.25) is 4.57 Å². The van der Waals surface area contributed by atoms with Crippen LogP contribution < -0.4 is 5.19 Å². The van der Waals surface area contributed by atoms with Crippen molar-refractivity contribution in [2.24, 2.45) is 0 Å². The highest BCUT2D eigenvalue weighted by molar-refractivity contribution is 6.54. The largest absolute Gasteiger partial charge is 0.285 e. The van der Waals surface area contributed by atoms with Crippen molar-refractivity contribution in [3.8, 4) is 39.9 Å². The molecule has 0 aliphatic heterocycles. The first-order valence-corrected chi connectivity index (χ1v) is 13.5. The van der Waals surface area contributed by atoms with Gasteiger partial charge in [0.15, 0.2) is 11.6 Å². The molecule has 2 radical (unpaired) electrons. The lowest BCUT2D eigenvalue weighted by Gasteiger charge is -2.13. The van der Waals surface area contributed by atoms with Gasteiger partial charge in [-0.05, 0) is 35.7 Å². The molecule has 0 N–H and O–H groups in total. The molecule has 0 atom stereocenters. The van der Waals surface area contributed by atoms with Gasteiger partial charge in [-0.25, -0.2) is 4.98 Å². The second kappa shape index (κ2) is 9.36. The second-order valence-corrected chi connectivity index (χ2v) is 9.71. The smallest absolute Gasteiger partial charge is 0.238 e. The molecule has 6 aromatic rings. The highest BCUT2D eigenvalue weighted by Gasteiger charge is 2.16. The molecule has 2 aromatic heterocycles. The minimum atomic E-state index is 0.611. The molecule has 0 saturated carbocycles. The van der Waals surface area contributed by atoms with Gasteiger partial charge < -0.3 is 0 Å². The van der Waals surface area contributed by atoms with Gasteiger partial charge in [0.05, 0.1) is 15.0 Å². The van der Waals surface area contributed by atoms with Crippen molar-refractivity contribution in [1.82, 2.24) is 19.5 Å². The van der Waals surface area contributed by atoms with Gasteiger partial charge in [0, 0.05) is 22.7 Å². The summed E-state index contributed by atoms with van der Waals surface area (Å²) in [5.41, 5.74) is 6.85. The number of aromatic nitrogens is 4. The number of aryl methyl sites for hydroxylation is 1. The third-order valence-electron chi connectivity index (χ3n) is 6.53. The number of hydrogen-bond acceptors (Lipinski definition) is 3. The van der Waals surface area contributed by atoms with Crippen LogP contribution in [0, 0.1) is 6.92 Å². The molecule has 36 heavy (non-hydrogen) atoms. The third kappa shape index (κ3) is 3.93. The Labute approximate surface area is 213 Å². The second-order valence-electron chi connectivity index (χ2n) is 8.67. The summed E-state index contributed by atoms with van der Waals surface area (Å²) in [6.45, 7) is 4.44. The topological polar surface area (TPSA) is 43.6 Å². The van der Waals surface area contributed by atoms with Gasteiger partial charge >= 0.3 is 0 Å². The molecule has 2 heterocycles. The van der Waals surface area contributed by atoms with Crippen LogP contribution in [-0.4, -0.2) is 29.0 Å². The van der Waals surface area contributed by atoms with Gasteiger partial charge in [0.25, 0.3) is 0 Å². The molecule has 0 amide bonds. The maximum absolute atomic E-state index is 4.90. The quantitative estimate of drug-likeness (QED) is 0.265. The Morgan fingerprint density at radius 3 is 1.86 bits per heavy atom. The summed E-state index contributed by atoms with van der Waals surface area (Å²) in [6, 6.07) is 35.4. The first-order chi connectivity index (χ1) is 17.7. The van der Waals surface area contributed by atoms with E-state index in [-0.39, 0.29) is 0 Å². The molecular weight excluding hydrogens is 456 g/mol. The van der Waals surface area contributed by atoms with E-state index in [1.54, 1.807) is 0 Å². The predicted molar refractivity (Wildman–Crippen MR) is 149 cm³/mol. The highest BCUT2D eigenvalue weighted by atomic mass is 28.2. The molecule has 0 aliphatic carbocycles. The number of fused-ring (bicyclic) bond motifs is 1. The SMILES string of the molecule is C[Si]c1ccccc1-c1ccc2c(ccn2-c2nc(-c3ccccc3)nc(-c3ccccc3)n2)c1C. The molecule has 0 spiro atoms. The zero-order chi connectivity index (χ0) is 24.5. The van der Waals surface area contributed by atoms with Crippen LogP contribution in [0.1, 0.15) is 5.56 Å². The van der Waals surface area contributed by atoms with Crippen molar-refractivity contribution in [2.75, 3.05) is 0 Å². The Kier molecular flexibility index (Phi) is 5.75. The van der Waals surface area contributed by atoms with Crippen molar-refractivity contribution in [3.63, 3.8) is 0 Å². The van der Waals surface area contributed by atoms with E-state index >= 15 is 0 Å². The number of rotatable bonds is 5. The highest BCUT2D eigenvalue weighted by Crippen LogP contribution is 2.31. The monoisotopic (exact) mass is 480 g/mol. The van der Waals surface area contributed by atoms with Crippen LogP contribution in [0.25, 0.3) is 50.8 Å². The molecule has 4 nitrogen and oxygen atoms in total. The van der Waals surface area contributed by atoms with Crippen LogP contribution >= 0.6 is 0 Å². The lowest BCUT2D eigenvalue weighted by atomic mass is 9.98. The number of nitrogens with zero attached hydrogens (tertiary/aromatic N) is 4. The Balaban J connectivity index is 1.53. The van der Waals surface area contributed by atoms with Crippen LogP contribution in [0.5, 0.6) is 0 Å². The molecule has 5 heteroatoms. The van der Waals surface area contributed by atoms with E-state index in [0.29, 0.717) is 17.6 Å². The molecule has 0 saturated heterocycles. The Hall–Kier alpha value is -4.35. The zero-order valence-electron chi connectivity index (χ0n) is 20.2. The van der Waals surface area contributed by atoms with E-state index in [9.17, 15) is 0 Å². The Morgan fingerprint density at radius 1 is 0.611 bits per heavy atom. The van der Waals surface area contributed by atoms with Crippen molar-refractivity contribution >= 4 is 25.6 Å². The van der Waals surface area contributed by atoms with Crippen molar-refractivity contribution in [1.29, 1.82) is 0 Å². The Morgan fingerprint density at radius 2 is 1.22 bits per heavy atom. The Bertz CT molecular complexity index is 1620. The minimum absolute atomic E-state index is 0.611. The van der Waals surface area contributed by atoms with Crippen LogP contribution in [0.2, 0.25) is 6.55 Å². The summed E-state index contributed by atoms with van der Waals surface area (Å²) in [6.07, 6.45) is 2.06. The lowest BCUT2D eigenvalue weighted by molar-refractivity contribution is 0.933. The molecular formula is C31H24N4Si. The van der Waals surface area contributed by atoms with Crippen LogP contribution in [-0.2, 0) is 0 Å². The summed E-state index contributed by atoms with van der Waals surface area (Å²) >= 11 is 0. The van der Waals surface area contributed by atoms with E-state index < -0.39 is 0 Å². The van der Waals surface area contributed by atoms with Gasteiger partial charge in [-0.1, -0.05) is 103 Å². The van der Waals surface area contributed by atoms with Crippen LogP contribution in [0.3, 0.4) is 0 Å². The number of benzene rings is 4. The zero-order valence-corrected chi connectivity index (χ0v) is 21.2. The normalized spacial score (nSPS) is 11.2.